The molecule has 6 nitrogen and oxygen atoms in total. The van der Waals surface area contributed by atoms with Crippen LogP contribution in [0, 0.1) is 0 Å². The summed E-state index contributed by atoms with van der Waals surface area (Å²) in [5.41, 5.74) is 0.535. The number of methoxy groups -OCH3 is 1. The highest BCUT2D eigenvalue weighted by molar-refractivity contribution is 5.95. The Morgan fingerprint density at radius 3 is 2.37 bits per heavy atom. The summed E-state index contributed by atoms with van der Waals surface area (Å²) in [6, 6.07) is 5.33. The molecule has 27 heavy (non-hydrogen) atoms. The molecule has 0 spiro atoms. The van der Waals surface area contributed by atoms with Gasteiger partial charge in [-0.25, -0.2) is 0 Å². The molecule has 0 saturated heterocycles. The lowest BCUT2D eigenvalue weighted by Crippen LogP contribution is -2.35. The number of hydrogen-bond acceptors (Lipinski definition) is 4. The lowest BCUT2D eigenvalue weighted by Gasteiger charge is -2.21. The number of ether oxygens (including phenoxy) is 2. The van der Waals surface area contributed by atoms with Crippen molar-refractivity contribution in [3.8, 4) is 11.5 Å². The predicted molar refractivity (Wildman–Crippen MR) is 105 cm³/mol. The van der Waals surface area contributed by atoms with E-state index in [-0.39, 0.29) is 30.5 Å². The number of amides is 2. The second kappa shape index (κ2) is 10.8. The zero-order chi connectivity index (χ0) is 19.6. The van der Waals surface area contributed by atoms with E-state index in [1.807, 2.05) is 13.8 Å². The molecule has 0 aliphatic heterocycles. The molecule has 2 rings (SSSR count). The third-order valence-corrected chi connectivity index (χ3v) is 4.67. The molecule has 0 unspecified atom stereocenters. The summed E-state index contributed by atoms with van der Waals surface area (Å²) >= 11 is 0. The van der Waals surface area contributed by atoms with Crippen LogP contribution in [0.4, 0.5) is 0 Å². The van der Waals surface area contributed by atoms with Crippen LogP contribution in [0.3, 0.4) is 0 Å². The highest BCUT2D eigenvalue weighted by atomic mass is 16.5. The quantitative estimate of drug-likeness (QED) is 0.764. The summed E-state index contributed by atoms with van der Waals surface area (Å²) in [5.74, 6) is 0.595. The first-order valence-electron chi connectivity index (χ1n) is 9.90. The van der Waals surface area contributed by atoms with Crippen molar-refractivity contribution in [1.82, 2.24) is 10.6 Å². The van der Waals surface area contributed by atoms with Crippen LogP contribution in [0.25, 0.3) is 0 Å². The van der Waals surface area contributed by atoms with Crippen molar-refractivity contribution in [3.63, 3.8) is 0 Å². The van der Waals surface area contributed by atoms with Crippen molar-refractivity contribution >= 4 is 11.8 Å². The first-order chi connectivity index (χ1) is 13.0. The number of carbonyl (C=O) groups excluding carboxylic acids is 2. The predicted octanol–water partition coefficient (Wildman–Crippen LogP) is 3.44. The van der Waals surface area contributed by atoms with Crippen molar-refractivity contribution < 1.29 is 19.1 Å². The topological polar surface area (TPSA) is 76.7 Å². The summed E-state index contributed by atoms with van der Waals surface area (Å²) in [6.07, 6.45) is 8.20. The van der Waals surface area contributed by atoms with Crippen molar-refractivity contribution in [2.24, 2.45) is 0 Å². The second-order valence-corrected chi connectivity index (χ2v) is 7.39. The molecule has 0 aromatic heterocycles. The molecule has 1 fully saturated rings. The minimum absolute atomic E-state index is 0.0577. The zero-order valence-electron chi connectivity index (χ0n) is 16.7. The summed E-state index contributed by atoms with van der Waals surface area (Å²) in [4.78, 5) is 24.3. The van der Waals surface area contributed by atoms with E-state index < -0.39 is 0 Å². The molecule has 1 saturated carbocycles. The van der Waals surface area contributed by atoms with Crippen LogP contribution < -0.4 is 20.1 Å². The third-order valence-electron chi connectivity index (χ3n) is 4.67. The Bertz CT molecular complexity index is 623. The van der Waals surface area contributed by atoms with E-state index in [4.69, 9.17) is 9.47 Å². The number of benzene rings is 1. The van der Waals surface area contributed by atoms with Crippen molar-refractivity contribution in [2.75, 3.05) is 13.7 Å². The average molecular weight is 376 g/mol. The molecule has 0 atom stereocenters. The maximum atomic E-state index is 12.6. The van der Waals surface area contributed by atoms with E-state index in [1.165, 1.54) is 39.2 Å². The molecule has 2 amide bonds. The van der Waals surface area contributed by atoms with E-state index in [0.29, 0.717) is 17.1 Å². The van der Waals surface area contributed by atoms with Gasteiger partial charge in [-0.3, -0.25) is 9.59 Å². The van der Waals surface area contributed by atoms with Gasteiger partial charge in [0.25, 0.3) is 11.8 Å². The Labute approximate surface area is 162 Å². The Balaban J connectivity index is 1.97. The lowest BCUT2D eigenvalue weighted by molar-refractivity contribution is -0.123. The Morgan fingerprint density at radius 1 is 1.07 bits per heavy atom. The Morgan fingerprint density at radius 2 is 1.74 bits per heavy atom. The van der Waals surface area contributed by atoms with E-state index in [0.717, 1.165) is 12.8 Å². The highest BCUT2D eigenvalue weighted by Gasteiger charge is 2.17. The smallest absolute Gasteiger partial charge is 0.258 e. The van der Waals surface area contributed by atoms with Gasteiger partial charge in [-0.05, 0) is 44.9 Å². The summed E-state index contributed by atoms with van der Waals surface area (Å²) in [7, 11) is 1.52. The fourth-order valence-electron chi connectivity index (χ4n) is 3.30. The molecule has 150 valence electrons. The average Bonchev–Trinajstić information content (AvgIpc) is 2.61. The van der Waals surface area contributed by atoms with Gasteiger partial charge in [-0.1, -0.05) is 32.1 Å². The van der Waals surface area contributed by atoms with Gasteiger partial charge < -0.3 is 20.1 Å². The van der Waals surface area contributed by atoms with Gasteiger partial charge >= 0.3 is 0 Å². The number of carbonyl (C=O) groups is 2. The van der Waals surface area contributed by atoms with Gasteiger partial charge in [0.15, 0.2) is 18.1 Å². The molecular weight excluding hydrogens is 344 g/mol. The first-order valence-corrected chi connectivity index (χ1v) is 9.90. The highest BCUT2D eigenvalue weighted by Crippen LogP contribution is 2.28. The van der Waals surface area contributed by atoms with E-state index in [9.17, 15) is 9.59 Å². The first kappa shape index (κ1) is 21.1. The van der Waals surface area contributed by atoms with Crippen LogP contribution >= 0.6 is 0 Å². The van der Waals surface area contributed by atoms with Crippen LogP contribution in [0.15, 0.2) is 18.2 Å². The van der Waals surface area contributed by atoms with Crippen molar-refractivity contribution in [2.45, 2.75) is 70.9 Å². The van der Waals surface area contributed by atoms with Crippen molar-refractivity contribution in [1.29, 1.82) is 0 Å². The molecule has 1 aromatic carbocycles. The van der Waals surface area contributed by atoms with Crippen molar-refractivity contribution in [3.05, 3.63) is 23.8 Å². The maximum absolute atomic E-state index is 12.6. The monoisotopic (exact) mass is 376 g/mol. The molecule has 1 aliphatic carbocycles. The van der Waals surface area contributed by atoms with Crippen LogP contribution in [0.5, 0.6) is 11.5 Å². The summed E-state index contributed by atoms with van der Waals surface area (Å²) in [6.45, 7) is 3.69. The van der Waals surface area contributed by atoms with E-state index in [1.54, 1.807) is 18.2 Å². The minimum Gasteiger partial charge on any atom is -0.493 e. The number of rotatable bonds is 7. The van der Waals surface area contributed by atoms with Gasteiger partial charge in [0.1, 0.15) is 0 Å². The Hall–Kier alpha value is -2.24. The molecule has 0 bridgehead atoms. The zero-order valence-corrected chi connectivity index (χ0v) is 16.7. The maximum Gasteiger partial charge on any atom is 0.258 e. The van der Waals surface area contributed by atoms with E-state index >= 15 is 0 Å². The van der Waals surface area contributed by atoms with Gasteiger partial charge in [-0.15, -0.1) is 0 Å². The van der Waals surface area contributed by atoms with Gasteiger partial charge in [-0.2, -0.15) is 0 Å². The number of nitrogens with one attached hydrogen (secondary N) is 2. The number of hydrogen-bond donors (Lipinski definition) is 2. The molecule has 1 aliphatic rings. The molecule has 0 radical (unpaired) electrons. The molecular formula is C21H32N2O4. The van der Waals surface area contributed by atoms with Crippen LogP contribution in [0.1, 0.15) is 69.2 Å². The van der Waals surface area contributed by atoms with E-state index in [2.05, 4.69) is 10.6 Å². The SMILES string of the molecule is COc1cc(C(=O)NC2CCCCCCC2)ccc1OCC(=O)NC(C)C. The van der Waals surface area contributed by atoms with Gasteiger partial charge in [0, 0.05) is 17.6 Å². The van der Waals surface area contributed by atoms with Gasteiger partial charge in [0.05, 0.1) is 7.11 Å². The summed E-state index contributed by atoms with van der Waals surface area (Å²) in [5, 5.41) is 5.91. The Kier molecular flexibility index (Phi) is 8.43. The molecule has 6 heteroatoms. The summed E-state index contributed by atoms with van der Waals surface area (Å²) < 4.78 is 10.9. The molecule has 2 N–H and O–H groups in total. The lowest BCUT2D eigenvalue weighted by atomic mass is 9.96. The molecule has 0 heterocycles. The normalized spacial score (nSPS) is 15.6. The second-order valence-electron chi connectivity index (χ2n) is 7.39. The largest absolute Gasteiger partial charge is 0.493 e. The minimum atomic E-state index is -0.196. The van der Waals surface area contributed by atoms with Crippen LogP contribution in [0.2, 0.25) is 0 Å². The molecule has 1 aromatic rings. The fourth-order valence-corrected chi connectivity index (χ4v) is 3.30. The van der Waals surface area contributed by atoms with Crippen LogP contribution in [-0.4, -0.2) is 37.6 Å². The van der Waals surface area contributed by atoms with Crippen LogP contribution in [-0.2, 0) is 4.79 Å². The third kappa shape index (κ3) is 7.12. The standard InChI is InChI=1S/C21H32N2O4/c1-15(2)22-20(24)14-27-18-12-11-16(13-19(18)26-3)21(25)23-17-9-7-5-4-6-8-10-17/h11-13,15,17H,4-10,14H2,1-3H3,(H,22,24)(H,23,25). The van der Waals surface area contributed by atoms with Gasteiger partial charge in [0.2, 0.25) is 0 Å². The fraction of sp³-hybridized carbons (Fsp3) is 0.619.